The molecule has 0 aliphatic rings. The van der Waals surface area contributed by atoms with Gasteiger partial charge in [-0.2, -0.15) is 0 Å². The molecule has 1 rings (SSSR count). The number of carbonyl (C=O) groups is 3. The number of nitrogens with zero attached hydrogens (tertiary/aromatic N) is 1. The van der Waals surface area contributed by atoms with E-state index in [1.54, 1.807) is 13.8 Å². The second kappa shape index (κ2) is 9.50. The van der Waals surface area contributed by atoms with E-state index < -0.39 is 35.4 Å². The zero-order valence-electron chi connectivity index (χ0n) is 15.1. The average molecular weight is 366 g/mol. The van der Waals surface area contributed by atoms with Crippen molar-refractivity contribution in [2.24, 2.45) is 5.92 Å². The van der Waals surface area contributed by atoms with Crippen LogP contribution in [0.2, 0.25) is 0 Å². The molecule has 0 aliphatic carbocycles. The maximum atomic E-state index is 12.0. The van der Waals surface area contributed by atoms with Crippen molar-refractivity contribution in [3.63, 3.8) is 0 Å². The summed E-state index contributed by atoms with van der Waals surface area (Å²) in [6.45, 7) is 4.56. The first kappa shape index (κ1) is 21.1. The molecule has 0 unspecified atom stereocenters. The SMILES string of the molecule is CC[C@H](C)[C@@H](NC(=O)COC(=O)c1ccc(C)c([N+](=O)[O-])c1)C(=O)OC. The van der Waals surface area contributed by atoms with E-state index in [-0.39, 0.29) is 17.2 Å². The second-order valence-electron chi connectivity index (χ2n) is 5.79. The van der Waals surface area contributed by atoms with Gasteiger partial charge in [0.2, 0.25) is 0 Å². The summed E-state index contributed by atoms with van der Waals surface area (Å²) in [5.74, 6) is -2.30. The second-order valence-corrected chi connectivity index (χ2v) is 5.79. The van der Waals surface area contributed by atoms with Gasteiger partial charge in [-0.15, -0.1) is 0 Å². The molecule has 1 aromatic rings. The van der Waals surface area contributed by atoms with E-state index in [1.807, 2.05) is 6.92 Å². The summed E-state index contributed by atoms with van der Waals surface area (Å²) in [6, 6.07) is 3.03. The molecule has 0 fully saturated rings. The third kappa shape index (κ3) is 5.54. The number of aryl methyl sites for hydroxylation is 1. The zero-order valence-corrected chi connectivity index (χ0v) is 15.1. The molecular weight excluding hydrogens is 344 g/mol. The van der Waals surface area contributed by atoms with Gasteiger partial charge in [0, 0.05) is 11.6 Å². The number of amides is 1. The fourth-order valence-electron chi connectivity index (χ4n) is 2.16. The fourth-order valence-corrected chi connectivity index (χ4v) is 2.16. The Morgan fingerprint density at radius 1 is 1.31 bits per heavy atom. The van der Waals surface area contributed by atoms with E-state index in [0.717, 1.165) is 6.07 Å². The van der Waals surface area contributed by atoms with E-state index in [4.69, 9.17) is 4.74 Å². The average Bonchev–Trinajstić information content (AvgIpc) is 2.62. The highest BCUT2D eigenvalue weighted by Gasteiger charge is 2.27. The molecule has 0 aromatic heterocycles. The molecule has 0 saturated heterocycles. The fraction of sp³-hybridized carbons (Fsp3) is 0.471. The Morgan fingerprint density at radius 2 is 1.96 bits per heavy atom. The van der Waals surface area contributed by atoms with Crippen LogP contribution in [0.1, 0.15) is 36.2 Å². The minimum atomic E-state index is -0.874. The first-order valence-electron chi connectivity index (χ1n) is 8.00. The number of hydrogen-bond acceptors (Lipinski definition) is 7. The topological polar surface area (TPSA) is 125 Å². The van der Waals surface area contributed by atoms with Crippen molar-refractivity contribution < 1.29 is 28.8 Å². The number of rotatable bonds is 8. The van der Waals surface area contributed by atoms with Crippen molar-refractivity contribution in [3.05, 3.63) is 39.4 Å². The minimum Gasteiger partial charge on any atom is -0.467 e. The van der Waals surface area contributed by atoms with Crippen LogP contribution in [0, 0.1) is 23.0 Å². The highest BCUT2D eigenvalue weighted by atomic mass is 16.6. The standard InChI is InChI=1S/C17H22N2O7/c1-5-10(2)15(17(22)25-4)18-14(20)9-26-16(21)12-7-6-11(3)13(8-12)19(23)24/h6-8,10,15H,5,9H2,1-4H3,(H,18,20)/t10-,15+/m0/s1. The molecule has 0 spiro atoms. The van der Waals surface area contributed by atoms with Gasteiger partial charge in [0.15, 0.2) is 6.61 Å². The van der Waals surface area contributed by atoms with Crippen LogP contribution in [0.4, 0.5) is 5.69 Å². The molecule has 0 heterocycles. The van der Waals surface area contributed by atoms with Crippen LogP contribution < -0.4 is 5.32 Å². The Hall–Kier alpha value is -2.97. The first-order chi connectivity index (χ1) is 12.2. The number of esters is 2. The van der Waals surface area contributed by atoms with E-state index in [0.29, 0.717) is 12.0 Å². The van der Waals surface area contributed by atoms with Crippen molar-refractivity contribution in [2.75, 3.05) is 13.7 Å². The molecule has 0 radical (unpaired) electrons. The molecule has 1 N–H and O–H groups in total. The summed E-state index contributed by atoms with van der Waals surface area (Å²) in [7, 11) is 1.22. The van der Waals surface area contributed by atoms with Gasteiger partial charge in [0.25, 0.3) is 11.6 Å². The van der Waals surface area contributed by atoms with Crippen LogP contribution in [0.25, 0.3) is 0 Å². The van der Waals surface area contributed by atoms with Crippen LogP contribution in [0.5, 0.6) is 0 Å². The largest absolute Gasteiger partial charge is 0.467 e. The van der Waals surface area contributed by atoms with Crippen molar-refractivity contribution in [1.29, 1.82) is 0 Å². The maximum Gasteiger partial charge on any atom is 0.338 e. The lowest BCUT2D eigenvalue weighted by molar-refractivity contribution is -0.385. The van der Waals surface area contributed by atoms with E-state index >= 15 is 0 Å². The molecule has 2 atom stereocenters. The van der Waals surface area contributed by atoms with Crippen LogP contribution in [-0.4, -0.2) is 42.5 Å². The Kier molecular flexibility index (Phi) is 7.70. The maximum absolute atomic E-state index is 12.0. The van der Waals surface area contributed by atoms with Gasteiger partial charge in [0.1, 0.15) is 6.04 Å². The number of nitro groups is 1. The predicted molar refractivity (Wildman–Crippen MR) is 91.5 cm³/mol. The molecule has 0 bridgehead atoms. The summed E-state index contributed by atoms with van der Waals surface area (Å²) >= 11 is 0. The Labute approximate surface area is 150 Å². The summed E-state index contributed by atoms with van der Waals surface area (Å²) < 4.78 is 9.52. The van der Waals surface area contributed by atoms with Crippen LogP contribution in [-0.2, 0) is 19.1 Å². The van der Waals surface area contributed by atoms with Crippen LogP contribution >= 0.6 is 0 Å². The third-order valence-electron chi connectivity index (χ3n) is 3.96. The number of ether oxygens (including phenoxy) is 2. The van der Waals surface area contributed by atoms with E-state index in [2.05, 4.69) is 10.1 Å². The number of hydrogen-bond donors (Lipinski definition) is 1. The summed E-state index contributed by atoms with van der Waals surface area (Å²) in [6.07, 6.45) is 0.632. The van der Waals surface area contributed by atoms with Crippen LogP contribution in [0.15, 0.2) is 18.2 Å². The molecule has 1 aromatic carbocycles. The smallest absolute Gasteiger partial charge is 0.338 e. The number of carbonyl (C=O) groups excluding carboxylic acids is 3. The van der Waals surface area contributed by atoms with Gasteiger partial charge in [-0.3, -0.25) is 14.9 Å². The summed E-state index contributed by atoms with van der Waals surface area (Å²) in [4.78, 5) is 46.0. The number of benzene rings is 1. The highest BCUT2D eigenvalue weighted by molar-refractivity contribution is 5.92. The number of methoxy groups -OCH3 is 1. The third-order valence-corrected chi connectivity index (χ3v) is 3.96. The van der Waals surface area contributed by atoms with Crippen molar-refractivity contribution in [3.8, 4) is 0 Å². The molecule has 9 heteroatoms. The van der Waals surface area contributed by atoms with E-state index in [1.165, 1.54) is 19.2 Å². The Bertz CT molecular complexity index is 702. The lowest BCUT2D eigenvalue weighted by Gasteiger charge is -2.21. The Balaban J connectivity index is 2.72. The summed E-state index contributed by atoms with van der Waals surface area (Å²) in [5.41, 5.74) is 0.145. The molecule has 9 nitrogen and oxygen atoms in total. The number of nitrogens with one attached hydrogen (secondary N) is 1. The Morgan fingerprint density at radius 3 is 2.50 bits per heavy atom. The van der Waals surface area contributed by atoms with Gasteiger partial charge in [0.05, 0.1) is 17.6 Å². The van der Waals surface area contributed by atoms with Gasteiger partial charge in [-0.1, -0.05) is 26.3 Å². The lowest BCUT2D eigenvalue weighted by Crippen LogP contribution is -2.47. The molecule has 0 aliphatic heterocycles. The van der Waals surface area contributed by atoms with Crippen molar-refractivity contribution in [1.82, 2.24) is 5.32 Å². The first-order valence-corrected chi connectivity index (χ1v) is 8.00. The van der Waals surface area contributed by atoms with Gasteiger partial charge in [-0.05, 0) is 18.9 Å². The monoisotopic (exact) mass is 366 g/mol. The number of nitro benzene ring substituents is 1. The van der Waals surface area contributed by atoms with Crippen molar-refractivity contribution >= 4 is 23.5 Å². The van der Waals surface area contributed by atoms with E-state index in [9.17, 15) is 24.5 Å². The molecule has 1 amide bonds. The lowest BCUT2D eigenvalue weighted by atomic mass is 9.99. The quantitative estimate of drug-likeness (QED) is 0.422. The molecular formula is C17H22N2O7. The van der Waals surface area contributed by atoms with Crippen molar-refractivity contribution in [2.45, 2.75) is 33.2 Å². The normalized spacial score (nSPS) is 12.6. The van der Waals surface area contributed by atoms with Crippen LogP contribution in [0.3, 0.4) is 0 Å². The molecule has 26 heavy (non-hydrogen) atoms. The molecule has 0 saturated carbocycles. The van der Waals surface area contributed by atoms with Gasteiger partial charge >= 0.3 is 11.9 Å². The zero-order chi connectivity index (χ0) is 19.9. The minimum absolute atomic E-state index is 0.0402. The highest BCUT2D eigenvalue weighted by Crippen LogP contribution is 2.19. The van der Waals surface area contributed by atoms with Gasteiger partial charge < -0.3 is 14.8 Å². The predicted octanol–water partition coefficient (Wildman–Crippen LogP) is 1.76. The van der Waals surface area contributed by atoms with Gasteiger partial charge in [-0.25, -0.2) is 9.59 Å². The summed E-state index contributed by atoms with van der Waals surface area (Å²) in [5, 5.41) is 13.4. The molecule has 142 valence electrons.